The second-order valence-electron chi connectivity index (χ2n) is 9.56. The molecule has 0 saturated carbocycles. The van der Waals surface area contributed by atoms with Crippen LogP contribution in [0, 0.1) is 5.92 Å². The SMILES string of the molecule is CC(C)CCOc1ccccc1Nc1nc(-c2ccc(N3CCNCC3)cc2)cc2cc[nH]c(=O)c12. The third-order valence-electron chi connectivity index (χ3n) is 6.49. The molecule has 7 heteroatoms. The third kappa shape index (κ3) is 5.36. The summed E-state index contributed by atoms with van der Waals surface area (Å²) in [4.78, 5) is 22.9. The number of ether oxygens (including phenoxy) is 1. The standard InChI is InChI=1S/C29H33N5O2/c1-20(2)12-18-36-26-6-4-3-5-24(26)32-28-27-22(11-13-31-29(27)35)19-25(33-28)21-7-9-23(10-8-21)34-16-14-30-15-17-34/h3-11,13,19-20,30H,12,14-18H2,1-2H3,(H,31,35)(H,32,33). The second-order valence-corrected chi connectivity index (χ2v) is 9.56. The number of aromatic amines is 1. The molecule has 2 aromatic heterocycles. The number of hydrogen-bond acceptors (Lipinski definition) is 6. The normalized spacial score (nSPS) is 13.8. The first-order valence-electron chi connectivity index (χ1n) is 12.7. The summed E-state index contributed by atoms with van der Waals surface area (Å²) >= 11 is 0. The molecule has 3 heterocycles. The highest BCUT2D eigenvalue weighted by molar-refractivity contribution is 5.95. The van der Waals surface area contributed by atoms with Crippen molar-refractivity contribution >= 4 is 28.0 Å². The zero-order valence-corrected chi connectivity index (χ0v) is 20.9. The lowest BCUT2D eigenvalue weighted by molar-refractivity contribution is 0.291. The van der Waals surface area contributed by atoms with Gasteiger partial charge in [-0.25, -0.2) is 4.98 Å². The zero-order valence-electron chi connectivity index (χ0n) is 20.9. The van der Waals surface area contributed by atoms with E-state index in [4.69, 9.17) is 9.72 Å². The van der Waals surface area contributed by atoms with Gasteiger partial charge < -0.3 is 25.3 Å². The number of aromatic nitrogens is 2. The van der Waals surface area contributed by atoms with Gasteiger partial charge in [0, 0.05) is 43.6 Å². The van der Waals surface area contributed by atoms with Crippen LogP contribution in [0.3, 0.4) is 0 Å². The highest BCUT2D eigenvalue weighted by Gasteiger charge is 2.15. The Hall–Kier alpha value is -3.84. The van der Waals surface area contributed by atoms with Gasteiger partial charge in [-0.15, -0.1) is 0 Å². The van der Waals surface area contributed by atoms with Gasteiger partial charge in [-0.1, -0.05) is 38.1 Å². The van der Waals surface area contributed by atoms with Crippen LogP contribution in [-0.2, 0) is 0 Å². The Balaban J connectivity index is 1.49. The Bertz CT molecular complexity index is 1370. The van der Waals surface area contributed by atoms with Crippen molar-refractivity contribution in [2.75, 3.05) is 43.0 Å². The molecule has 0 atom stereocenters. The Morgan fingerprint density at radius 1 is 1.06 bits per heavy atom. The Morgan fingerprint density at radius 3 is 2.61 bits per heavy atom. The lowest BCUT2D eigenvalue weighted by atomic mass is 10.1. The predicted molar refractivity (Wildman–Crippen MR) is 148 cm³/mol. The molecule has 1 aliphatic heterocycles. The van der Waals surface area contributed by atoms with Crippen LogP contribution in [0.15, 0.2) is 71.7 Å². The van der Waals surface area contributed by atoms with Gasteiger partial charge in [-0.2, -0.15) is 0 Å². The smallest absolute Gasteiger partial charge is 0.259 e. The van der Waals surface area contributed by atoms with Crippen molar-refractivity contribution in [2.24, 2.45) is 5.92 Å². The van der Waals surface area contributed by atoms with E-state index in [0.29, 0.717) is 23.7 Å². The molecule has 5 rings (SSSR count). The molecule has 3 N–H and O–H groups in total. The van der Waals surface area contributed by atoms with E-state index < -0.39 is 0 Å². The minimum absolute atomic E-state index is 0.179. The molecular formula is C29H33N5O2. The zero-order chi connectivity index (χ0) is 24.9. The molecular weight excluding hydrogens is 450 g/mol. The van der Waals surface area contributed by atoms with Crippen molar-refractivity contribution in [3.05, 3.63) is 77.2 Å². The average molecular weight is 484 g/mol. The molecule has 36 heavy (non-hydrogen) atoms. The largest absolute Gasteiger partial charge is 0.491 e. The van der Waals surface area contributed by atoms with Crippen LogP contribution >= 0.6 is 0 Å². The van der Waals surface area contributed by atoms with E-state index in [-0.39, 0.29) is 5.56 Å². The van der Waals surface area contributed by atoms with Crippen LogP contribution < -0.4 is 25.8 Å². The first-order chi connectivity index (χ1) is 17.6. The number of nitrogens with one attached hydrogen (secondary N) is 3. The quantitative estimate of drug-likeness (QED) is 0.321. The van der Waals surface area contributed by atoms with Crippen LogP contribution in [0.4, 0.5) is 17.2 Å². The van der Waals surface area contributed by atoms with Crippen molar-refractivity contribution < 1.29 is 4.74 Å². The lowest BCUT2D eigenvalue weighted by Crippen LogP contribution is -2.43. The number of H-pyrrole nitrogens is 1. The number of benzene rings is 2. The van der Waals surface area contributed by atoms with E-state index in [1.165, 1.54) is 5.69 Å². The van der Waals surface area contributed by atoms with Crippen molar-refractivity contribution in [3.8, 4) is 17.0 Å². The number of piperazine rings is 1. The molecule has 7 nitrogen and oxygen atoms in total. The third-order valence-corrected chi connectivity index (χ3v) is 6.49. The maximum absolute atomic E-state index is 12.8. The molecule has 1 saturated heterocycles. The second kappa shape index (κ2) is 10.8. The maximum Gasteiger partial charge on any atom is 0.259 e. The van der Waals surface area contributed by atoms with Gasteiger partial charge >= 0.3 is 0 Å². The summed E-state index contributed by atoms with van der Waals surface area (Å²) in [5.74, 6) is 1.81. The monoisotopic (exact) mass is 483 g/mol. The van der Waals surface area contributed by atoms with Gasteiger partial charge in [0.05, 0.1) is 23.4 Å². The van der Waals surface area contributed by atoms with Gasteiger partial charge in [0.2, 0.25) is 0 Å². The fraction of sp³-hybridized carbons (Fsp3) is 0.310. The average Bonchev–Trinajstić information content (AvgIpc) is 2.90. The molecule has 0 radical (unpaired) electrons. The van der Waals surface area contributed by atoms with Gasteiger partial charge in [0.1, 0.15) is 11.6 Å². The van der Waals surface area contributed by atoms with E-state index in [0.717, 1.165) is 60.7 Å². The highest BCUT2D eigenvalue weighted by Crippen LogP contribution is 2.32. The molecule has 1 fully saturated rings. The molecule has 186 valence electrons. The molecule has 0 aliphatic carbocycles. The minimum atomic E-state index is -0.179. The number of rotatable bonds is 8. The van der Waals surface area contributed by atoms with Gasteiger partial charge in [0.15, 0.2) is 0 Å². The number of pyridine rings is 2. The Labute approximate surface area is 211 Å². The van der Waals surface area contributed by atoms with Crippen molar-refractivity contribution in [3.63, 3.8) is 0 Å². The number of fused-ring (bicyclic) bond motifs is 1. The number of hydrogen-bond donors (Lipinski definition) is 3. The minimum Gasteiger partial charge on any atom is -0.491 e. The summed E-state index contributed by atoms with van der Waals surface area (Å²) in [5, 5.41) is 8.14. The predicted octanol–water partition coefficient (Wildman–Crippen LogP) is 5.17. The molecule has 0 bridgehead atoms. The summed E-state index contributed by atoms with van der Waals surface area (Å²) in [6, 6.07) is 20.2. The first kappa shape index (κ1) is 23.9. The van der Waals surface area contributed by atoms with Crippen molar-refractivity contribution in [1.29, 1.82) is 0 Å². The van der Waals surface area contributed by atoms with E-state index in [2.05, 4.69) is 58.6 Å². The number of para-hydroxylation sites is 2. The summed E-state index contributed by atoms with van der Waals surface area (Å²) in [7, 11) is 0. The first-order valence-corrected chi connectivity index (χ1v) is 12.7. The highest BCUT2D eigenvalue weighted by atomic mass is 16.5. The summed E-state index contributed by atoms with van der Waals surface area (Å²) < 4.78 is 6.06. The number of nitrogens with zero attached hydrogens (tertiary/aromatic N) is 2. The van der Waals surface area contributed by atoms with E-state index in [1.54, 1.807) is 6.20 Å². The van der Waals surface area contributed by atoms with Crippen molar-refractivity contribution in [2.45, 2.75) is 20.3 Å². The van der Waals surface area contributed by atoms with E-state index >= 15 is 0 Å². The van der Waals surface area contributed by atoms with Crippen LogP contribution in [0.2, 0.25) is 0 Å². The van der Waals surface area contributed by atoms with Crippen LogP contribution in [0.1, 0.15) is 20.3 Å². The van der Waals surface area contributed by atoms with Crippen molar-refractivity contribution in [1.82, 2.24) is 15.3 Å². The Kier molecular flexibility index (Phi) is 7.18. The molecule has 2 aromatic carbocycles. The van der Waals surface area contributed by atoms with Gasteiger partial charge in [0.25, 0.3) is 5.56 Å². The summed E-state index contributed by atoms with van der Waals surface area (Å²) in [5.41, 5.74) is 3.62. The van der Waals surface area contributed by atoms with E-state index in [1.807, 2.05) is 36.4 Å². The molecule has 0 amide bonds. The maximum atomic E-state index is 12.8. The Morgan fingerprint density at radius 2 is 1.83 bits per heavy atom. The summed E-state index contributed by atoms with van der Waals surface area (Å²) in [6.45, 7) is 8.99. The molecule has 4 aromatic rings. The molecule has 1 aliphatic rings. The van der Waals surface area contributed by atoms with E-state index in [9.17, 15) is 4.79 Å². The van der Waals surface area contributed by atoms with Gasteiger partial charge in [-0.05, 0) is 54.1 Å². The topological polar surface area (TPSA) is 82.3 Å². The fourth-order valence-electron chi connectivity index (χ4n) is 4.45. The molecule has 0 unspecified atom stereocenters. The van der Waals surface area contributed by atoms with Crippen LogP contribution in [0.25, 0.3) is 22.0 Å². The number of anilines is 3. The fourth-order valence-corrected chi connectivity index (χ4v) is 4.45. The lowest BCUT2D eigenvalue weighted by Gasteiger charge is -2.29. The van der Waals surface area contributed by atoms with Gasteiger partial charge in [-0.3, -0.25) is 4.79 Å². The van der Waals surface area contributed by atoms with Crippen LogP contribution in [0.5, 0.6) is 5.75 Å². The summed E-state index contributed by atoms with van der Waals surface area (Å²) in [6.07, 6.45) is 2.64. The van der Waals surface area contributed by atoms with Crippen LogP contribution in [-0.4, -0.2) is 42.8 Å². The molecule has 0 spiro atoms.